The van der Waals surface area contributed by atoms with Crippen molar-refractivity contribution < 1.29 is 28.2 Å². The van der Waals surface area contributed by atoms with Crippen LogP contribution in [-0.2, 0) is 16.2 Å². The average molecular weight is 373 g/mol. The smallest absolute Gasteiger partial charge is 0.332 e. The number of carbonyl (C=O) groups is 2. The fourth-order valence-electron chi connectivity index (χ4n) is 2.89. The fourth-order valence-corrected chi connectivity index (χ4v) is 2.89. The van der Waals surface area contributed by atoms with Gasteiger partial charge in [-0.1, -0.05) is 0 Å². The quantitative estimate of drug-likeness (QED) is 0.801. The number of nitrogens with one attached hydrogen (secondary N) is 1. The first-order chi connectivity index (χ1) is 12.9. The summed E-state index contributed by atoms with van der Waals surface area (Å²) in [5.74, 6) is -2.18. The van der Waals surface area contributed by atoms with Crippen molar-refractivity contribution in [3.05, 3.63) is 70.8 Å². The van der Waals surface area contributed by atoms with Gasteiger partial charge in [-0.2, -0.15) is 0 Å². The summed E-state index contributed by atoms with van der Waals surface area (Å²) in [6, 6.07) is 9.47. The Kier molecular flexibility index (Phi) is 5.49. The Labute approximate surface area is 154 Å². The lowest BCUT2D eigenvalue weighted by Crippen LogP contribution is -2.16. The Bertz CT molecular complexity index is 907. The van der Waals surface area contributed by atoms with Gasteiger partial charge in [-0.05, 0) is 61.7 Å². The monoisotopic (exact) mass is 373 g/mol. The molecule has 2 N–H and O–H groups in total. The first-order valence-electron chi connectivity index (χ1n) is 8.37. The second kappa shape index (κ2) is 7.99. The Balaban J connectivity index is 1.62. The molecule has 0 saturated heterocycles. The minimum Gasteiger partial charge on any atom is -0.489 e. The third-order valence-electron chi connectivity index (χ3n) is 4.26. The molecule has 0 aromatic heterocycles. The van der Waals surface area contributed by atoms with Crippen LogP contribution in [0.3, 0.4) is 0 Å². The molecule has 0 atom stereocenters. The maximum atomic E-state index is 13.6. The van der Waals surface area contributed by atoms with Gasteiger partial charge in [0.1, 0.15) is 24.0 Å². The molecule has 1 amide bonds. The van der Waals surface area contributed by atoms with E-state index in [1.165, 1.54) is 0 Å². The zero-order valence-electron chi connectivity index (χ0n) is 14.3. The van der Waals surface area contributed by atoms with Crippen LogP contribution in [0.1, 0.15) is 24.8 Å². The van der Waals surface area contributed by atoms with Gasteiger partial charge < -0.3 is 15.2 Å². The Morgan fingerprint density at radius 1 is 1.04 bits per heavy atom. The molecule has 5 nitrogen and oxygen atoms in total. The first-order valence-corrected chi connectivity index (χ1v) is 8.37. The number of rotatable bonds is 6. The molecule has 140 valence electrons. The van der Waals surface area contributed by atoms with Crippen molar-refractivity contribution in [2.45, 2.75) is 25.9 Å². The van der Waals surface area contributed by atoms with Crippen molar-refractivity contribution in [1.82, 2.24) is 0 Å². The molecule has 0 heterocycles. The van der Waals surface area contributed by atoms with Crippen molar-refractivity contribution >= 4 is 17.6 Å². The van der Waals surface area contributed by atoms with E-state index >= 15 is 0 Å². The van der Waals surface area contributed by atoms with E-state index in [0.29, 0.717) is 36.3 Å². The molecule has 0 aliphatic heterocycles. The maximum absolute atomic E-state index is 13.6. The van der Waals surface area contributed by atoms with E-state index in [1.54, 1.807) is 24.3 Å². The van der Waals surface area contributed by atoms with Gasteiger partial charge in [0, 0.05) is 22.4 Å². The zero-order chi connectivity index (χ0) is 19.4. The van der Waals surface area contributed by atoms with Crippen molar-refractivity contribution in [2.24, 2.45) is 0 Å². The van der Waals surface area contributed by atoms with Gasteiger partial charge in [0.15, 0.2) is 0 Å². The van der Waals surface area contributed by atoms with Gasteiger partial charge in [0.05, 0.1) is 0 Å². The Hall–Kier alpha value is -3.22. The summed E-state index contributed by atoms with van der Waals surface area (Å²) >= 11 is 0. The van der Waals surface area contributed by atoms with Gasteiger partial charge in [0.25, 0.3) is 5.91 Å². The number of carbonyl (C=O) groups excluding carboxylic acids is 1. The van der Waals surface area contributed by atoms with Gasteiger partial charge in [0.2, 0.25) is 0 Å². The lowest BCUT2D eigenvalue weighted by Gasteiger charge is -2.10. The van der Waals surface area contributed by atoms with Gasteiger partial charge in [-0.3, -0.25) is 4.79 Å². The summed E-state index contributed by atoms with van der Waals surface area (Å²) in [5, 5.41) is 11.8. The van der Waals surface area contributed by atoms with Crippen LogP contribution in [0.25, 0.3) is 0 Å². The number of ether oxygens (including phenoxy) is 1. The Morgan fingerprint density at radius 2 is 1.74 bits per heavy atom. The molecule has 0 radical (unpaired) electrons. The average Bonchev–Trinajstić information content (AvgIpc) is 3.14. The van der Waals surface area contributed by atoms with Crippen LogP contribution in [0.2, 0.25) is 0 Å². The molecular formula is C20H17F2NO4. The van der Waals surface area contributed by atoms with Crippen LogP contribution in [0.15, 0.2) is 53.6 Å². The van der Waals surface area contributed by atoms with Crippen LogP contribution in [0.5, 0.6) is 5.75 Å². The highest BCUT2D eigenvalue weighted by atomic mass is 19.1. The largest absolute Gasteiger partial charge is 0.489 e. The first kappa shape index (κ1) is 18.6. The van der Waals surface area contributed by atoms with Gasteiger partial charge in [-0.25, -0.2) is 13.6 Å². The van der Waals surface area contributed by atoms with E-state index in [-0.39, 0.29) is 17.7 Å². The number of hydrogen-bond donors (Lipinski definition) is 2. The third kappa shape index (κ3) is 4.49. The molecule has 3 rings (SSSR count). The van der Waals surface area contributed by atoms with Crippen LogP contribution in [-0.4, -0.2) is 17.0 Å². The molecule has 0 saturated carbocycles. The lowest BCUT2D eigenvalue weighted by molar-refractivity contribution is -0.133. The van der Waals surface area contributed by atoms with Crippen LogP contribution >= 0.6 is 0 Å². The summed E-state index contributed by atoms with van der Waals surface area (Å²) in [6.07, 6.45) is 1.48. The van der Waals surface area contributed by atoms with Crippen LogP contribution in [0, 0.1) is 11.6 Å². The molecule has 1 aliphatic carbocycles. The van der Waals surface area contributed by atoms with Crippen molar-refractivity contribution in [3.8, 4) is 5.75 Å². The number of anilines is 1. The lowest BCUT2D eigenvalue weighted by atomic mass is 10.1. The van der Waals surface area contributed by atoms with Gasteiger partial charge in [-0.15, -0.1) is 0 Å². The SMILES string of the molecule is O=C(O)C1=C(C(=O)Nc2ccc(OCc3cc(F)ccc3F)cc2)CCC1. The van der Waals surface area contributed by atoms with Crippen molar-refractivity contribution in [2.75, 3.05) is 5.32 Å². The highest BCUT2D eigenvalue weighted by Crippen LogP contribution is 2.27. The summed E-state index contributed by atoms with van der Waals surface area (Å²) in [4.78, 5) is 23.4. The van der Waals surface area contributed by atoms with E-state index < -0.39 is 23.5 Å². The zero-order valence-corrected chi connectivity index (χ0v) is 14.3. The molecule has 7 heteroatoms. The number of hydrogen-bond acceptors (Lipinski definition) is 3. The van der Waals surface area contributed by atoms with E-state index in [4.69, 9.17) is 9.84 Å². The van der Waals surface area contributed by atoms with E-state index in [9.17, 15) is 18.4 Å². The minimum atomic E-state index is -1.06. The van der Waals surface area contributed by atoms with E-state index in [0.717, 1.165) is 18.2 Å². The molecule has 0 spiro atoms. The molecule has 0 unspecified atom stereocenters. The molecule has 1 aliphatic rings. The number of carboxylic acid groups (broad SMARTS) is 1. The molecule has 0 fully saturated rings. The molecular weight excluding hydrogens is 356 g/mol. The summed E-state index contributed by atoms with van der Waals surface area (Å²) in [7, 11) is 0. The topological polar surface area (TPSA) is 75.6 Å². The number of amides is 1. The predicted octanol–water partition coefficient (Wildman–Crippen LogP) is 4.05. The maximum Gasteiger partial charge on any atom is 0.332 e. The number of benzene rings is 2. The van der Waals surface area contributed by atoms with E-state index in [1.807, 2.05) is 0 Å². The van der Waals surface area contributed by atoms with Crippen LogP contribution in [0.4, 0.5) is 14.5 Å². The predicted molar refractivity (Wildman–Crippen MR) is 94.3 cm³/mol. The second-order valence-corrected chi connectivity index (χ2v) is 6.12. The van der Waals surface area contributed by atoms with Gasteiger partial charge >= 0.3 is 5.97 Å². The number of halogens is 2. The summed E-state index contributed by atoms with van der Waals surface area (Å²) in [6.45, 7) is -0.135. The second-order valence-electron chi connectivity index (χ2n) is 6.12. The van der Waals surface area contributed by atoms with E-state index in [2.05, 4.69) is 5.32 Å². The third-order valence-corrected chi connectivity index (χ3v) is 4.26. The molecule has 2 aromatic carbocycles. The summed E-state index contributed by atoms with van der Waals surface area (Å²) in [5.41, 5.74) is 1.03. The Morgan fingerprint density at radius 3 is 2.44 bits per heavy atom. The highest BCUT2D eigenvalue weighted by Gasteiger charge is 2.25. The minimum absolute atomic E-state index is 0.0988. The fraction of sp³-hybridized carbons (Fsp3) is 0.200. The highest BCUT2D eigenvalue weighted by molar-refractivity contribution is 6.09. The van der Waals surface area contributed by atoms with Crippen molar-refractivity contribution in [1.29, 1.82) is 0 Å². The molecule has 0 bridgehead atoms. The van der Waals surface area contributed by atoms with Crippen LogP contribution < -0.4 is 10.1 Å². The summed E-state index contributed by atoms with van der Waals surface area (Å²) < 4.78 is 32.2. The number of carboxylic acids is 1. The molecule has 2 aromatic rings. The van der Waals surface area contributed by atoms with Crippen molar-refractivity contribution in [3.63, 3.8) is 0 Å². The standard InChI is InChI=1S/C20H17F2NO4/c21-13-4-9-18(22)12(10-13)11-27-15-7-5-14(6-8-15)23-19(24)16-2-1-3-17(16)20(25)26/h4-10H,1-3,11H2,(H,23,24)(H,25,26). The number of aliphatic carboxylic acids is 1. The normalized spacial score (nSPS) is 13.6. The molecule has 27 heavy (non-hydrogen) atoms.